The van der Waals surface area contributed by atoms with Crippen LogP contribution in [0.5, 0.6) is 5.75 Å². The van der Waals surface area contributed by atoms with Gasteiger partial charge in [-0.05, 0) is 48.9 Å². The number of methoxy groups -OCH3 is 1. The van der Waals surface area contributed by atoms with E-state index in [9.17, 15) is 9.59 Å². The first-order valence-corrected chi connectivity index (χ1v) is 11.8. The first-order valence-electron chi connectivity index (χ1n) is 11.8. The number of rotatable bonds is 8. The summed E-state index contributed by atoms with van der Waals surface area (Å²) in [5, 5.41) is 5.47. The molecule has 1 fully saturated rings. The van der Waals surface area contributed by atoms with Crippen molar-refractivity contribution >= 4 is 17.5 Å². The molecule has 0 radical (unpaired) electrons. The van der Waals surface area contributed by atoms with E-state index >= 15 is 0 Å². The number of furan rings is 1. The fourth-order valence-electron chi connectivity index (χ4n) is 4.21. The second kappa shape index (κ2) is 11.6. The molecule has 2 N–H and O–H groups in total. The first-order chi connectivity index (χ1) is 17.0. The van der Waals surface area contributed by atoms with E-state index in [-0.39, 0.29) is 12.6 Å². The summed E-state index contributed by atoms with van der Waals surface area (Å²) in [5.74, 6) is 0.311. The van der Waals surface area contributed by atoms with Crippen molar-refractivity contribution < 1.29 is 18.7 Å². The molecule has 2 amide bonds. The van der Waals surface area contributed by atoms with Crippen molar-refractivity contribution in [3.8, 4) is 5.75 Å². The monoisotopic (exact) mass is 476 g/mol. The predicted molar refractivity (Wildman–Crippen MR) is 134 cm³/mol. The molecule has 1 atom stereocenters. The van der Waals surface area contributed by atoms with Crippen molar-refractivity contribution in [2.75, 3.05) is 44.7 Å². The number of amides is 2. The number of nitrogens with zero attached hydrogens (tertiary/aromatic N) is 2. The molecule has 0 saturated carbocycles. The molecule has 2 aromatic carbocycles. The Morgan fingerprint density at radius 1 is 0.943 bits per heavy atom. The number of ether oxygens (including phenoxy) is 1. The van der Waals surface area contributed by atoms with E-state index < -0.39 is 11.8 Å². The number of nitrogens with one attached hydrogen (secondary N) is 2. The Labute approximate surface area is 205 Å². The van der Waals surface area contributed by atoms with Crippen LogP contribution in [0, 0.1) is 6.92 Å². The van der Waals surface area contributed by atoms with Crippen LogP contribution in [-0.2, 0) is 16.1 Å². The molecule has 0 bridgehead atoms. The SMILES string of the molecule is COc1ccc(N2CCN([C@@H](CNC(=O)C(=O)NCc3ccc(C)cc3)c3ccco3)CC2)cc1. The lowest BCUT2D eigenvalue weighted by Crippen LogP contribution is -2.50. The van der Waals surface area contributed by atoms with Gasteiger partial charge in [-0.15, -0.1) is 0 Å². The smallest absolute Gasteiger partial charge is 0.309 e. The van der Waals surface area contributed by atoms with Crippen LogP contribution in [-0.4, -0.2) is 56.5 Å². The molecule has 3 aromatic rings. The van der Waals surface area contributed by atoms with Crippen LogP contribution in [0.4, 0.5) is 5.69 Å². The molecule has 35 heavy (non-hydrogen) atoms. The molecule has 184 valence electrons. The highest BCUT2D eigenvalue weighted by atomic mass is 16.5. The first kappa shape index (κ1) is 24.3. The van der Waals surface area contributed by atoms with Gasteiger partial charge in [-0.3, -0.25) is 14.5 Å². The van der Waals surface area contributed by atoms with E-state index in [0.29, 0.717) is 6.54 Å². The third kappa shape index (κ3) is 6.42. The van der Waals surface area contributed by atoms with Crippen LogP contribution in [0.2, 0.25) is 0 Å². The minimum Gasteiger partial charge on any atom is -0.497 e. The lowest BCUT2D eigenvalue weighted by atomic mass is 10.1. The van der Waals surface area contributed by atoms with Crippen molar-refractivity contribution in [1.82, 2.24) is 15.5 Å². The van der Waals surface area contributed by atoms with Crippen LogP contribution >= 0.6 is 0 Å². The summed E-state index contributed by atoms with van der Waals surface area (Å²) in [4.78, 5) is 29.4. The maximum Gasteiger partial charge on any atom is 0.309 e. The number of aryl methyl sites for hydroxylation is 1. The van der Waals surface area contributed by atoms with Gasteiger partial charge in [0.05, 0.1) is 19.4 Å². The third-order valence-corrected chi connectivity index (χ3v) is 6.30. The average Bonchev–Trinajstić information content (AvgIpc) is 3.43. The van der Waals surface area contributed by atoms with Gasteiger partial charge in [-0.2, -0.15) is 0 Å². The molecule has 0 spiro atoms. The van der Waals surface area contributed by atoms with Crippen LogP contribution < -0.4 is 20.3 Å². The highest BCUT2D eigenvalue weighted by Crippen LogP contribution is 2.25. The number of carbonyl (C=O) groups is 2. The Balaban J connectivity index is 1.31. The molecule has 1 aliphatic heterocycles. The molecular weight excluding hydrogens is 444 g/mol. The zero-order valence-corrected chi connectivity index (χ0v) is 20.2. The molecule has 0 unspecified atom stereocenters. The van der Waals surface area contributed by atoms with Crippen LogP contribution in [0.3, 0.4) is 0 Å². The van der Waals surface area contributed by atoms with Gasteiger partial charge in [-0.1, -0.05) is 29.8 Å². The largest absolute Gasteiger partial charge is 0.497 e. The highest BCUT2D eigenvalue weighted by Gasteiger charge is 2.28. The van der Waals surface area contributed by atoms with Gasteiger partial charge in [0, 0.05) is 45.0 Å². The number of carbonyl (C=O) groups excluding carboxylic acids is 2. The summed E-state index contributed by atoms with van der Waals surface area (Å²) >= 11 is 0. The topological polar surface area (TPSA) is 87.0 Å². The van der Waals surface area contributed by atoms with Crippen molar-refractivity contribution in [3.63, 3.8) is 0 Å². The van der Waals surface area contributed by atoms with E-state index in [4.69, 9.17) is 9.15 Å². The molecule has 8 nitrogen and oxygen atoms in total. The second-order valence-electron chi connectivity index (χ2n) is 8.63. The van der Waals surface area contributed by atoms with E-state index in [1.165, 1.54) is 0 Å². The van der Waals surface area contributed by atoms with Crippen LogP contribution in [0.15, 0.2) is 71.3 Å². The molecule has 1 aromatic heterocycles. The summed E-state index contributed by atoms with van der Waals surface area (Å²) < 4.78 is 10.9. The third-order valence-electron chi connectivity index (χ3n) is 6.30. The van der Waals surface area contributed by atoms with Gasteiger partial charge in [0.1, 0.15) is 11.5 Å². The lowest BCUT2D eigenvalue weighted by molar-refractivity contribution is -0.139. The van der Waals surface area contributed by atoms with E-state index in [1.54, 1.807) is 13.4 Å². The molecule has 1 aliphatic rings. The molecule has 2 heterocycles. The number of piperazine rings is 1. The molecule has 1 saturated heterocycles. The van der Waals surface area contributed by atoms with Crippen molar-refractivity contribution in [2.24, 2.45) is 0 Å². The summed E-state index contributed by atoms with van der Waals surface area (Å²) in [6, 6.07) is 19.5. The summed E-state index contributed by atoms with van der Waals surface area (Å²) in [6.07, 6.45) is 1.63. The summed E-state index contributed by atoms with van der Waals surface area (Å²) in [5.41, 5.74) is 3.24. The van der Waals surface area contributed by atoms with Crippen LogP contribution in [0.25, 0.3) is 0 Å². The van der Waals surface area contributed by atoms with Crippen molar-refractivity contribution in [3.05, 3.63) is 83.8 Å². The van der Waals surface area contributed by atoms with E-state index in [2.05, 4.69) is 32.6 Å². The van der Waals surface area contributed by atoms with Crippen molar-refractivity contribution in [1.29, 1.82) is 0 Å². The highest BCUT2D eigenvalue weighted by molar-refractivity contribution is 6.35. The van der Waals surface area contributed by atoms with Crippen molar-refractivity contribution in [2.45, 2.75) is 19.5 Å². The minimum atomic E-state index is -0.648. The Bertz CT molecular complexity index is 1090. The predicted octanol–water partition coefficient (Wildman–Crippen LogP) is 2.89. The van der Waals surface area contributed by atoms with E-state index in [1.807, 2.05) is 55.5 Å². The number of benzene rings is 2. The molecule has 0 aliphatic carbocycles. The Morgan fingerprint density at radius 3 is 2.26 bits per heavy atom. The quantitative estimate of drug-likeness (QED) is 0.486. The zero-order valence-electron chi connectivity index (χ0n) is 20.2. The Morgan fingerprint density at radius 2 is 1.63 bits per heavy atom. The molecule has 4 rings (SSSR count). The fourth-order valence-corrected chi connectivity index (χ4v) is 4.21. The van der Waals surface area contributed by atoms with Gasteiger partial charge in [0.25, 0.3) is 0 Å². The minimum absolute atomic E-state index is 0.156. The number of hydrogen-bond acceptors (Lipinski definition) is 6. The Hall–Kier alpha value is -3.78. The zero-order chi connectivity index (χ0) is 24.6. The summed E-state index contributed by atoms with van der Waals surface area (Å²) in [7, 11) is 1.66. The average molecular weight is 477 g/mol. The standard InChI is InChI=1S/C27H32N4O4/c1-20-5-7-21(8-6-20)18-28-26(32)27(33)29-19-24(25-4-3-17-35-25)31-15-13-30(14-16-31)22-9-11-23(34-2)12-10-22/h3-12,17,24H,13-16,18-19H2,1-2H3,(H,28,32)(H,29,33)/t24-/m0/s1. The maximum absolute atomic E-state index is 12.5. The Kier molecular flexibility index (Phi) is 8.05. The second-order valence-corrected chi connectivity index (χ2v) is 8.63. The summed E-state index contributed by atoms with van der Waals surface area (Å²) in [6.45, 7) is 5.88. The van der Waals surface area contributed by atoms with Gasteiger partial charge in [0.15, 0.2) is 0 Å². The fraction of sp³-hybridized carbons (Fsp3) is 0.333. The maximum atomic E-state index is 12.5. The molecular formula is C27H32N4O4. The molecule has 8 heteroatoms. The van der Waals surface area contributed by atoms with Gasteiger partial charge in [0.2, 0.25) is 0 Å². The van der Waals surface area contributed by atoms with E-state index in [0.717, 1.165) is 54.5 Å². The van der Waals surface area contributed by atoms with Gasteiger partial charge >= 0.3 is 11.8 Å². The normalized spacial score (nSPS) is 14.9. The number of hydrogen-bond donors (Lipinski definition) is 2. The van der Waals surface area contributed by atoms with Gasteiger partial charge in [-0.25, -0.2) is 0 Å². The lowest BCUT2D eigenvalue weighted by Gasteiger charge is -2.39. The van der Waals surface area contributed by atoms with Crippen LogP contribution in [0.1, 0.15) is 22.9 Å². The van der Waals surface area contributed by atoms with Gasteiger partial charge < -0.3 is 24.7 Å². The number of anilines is 1.